The number of carbonyl (C=O) groups is 4. The third kappa shape index (κ3) is 0.841. The topological polar surface area (TPSA) is 90.0 Å². The zero-order valence-electron chi connectivity index (χ0n) is 8.97. The molecule has 0 aliphatic carbocycles. The molecule has 2 fully saturated rings. The van der Waals surface area contributed by atoms with Gasteiger partial charge in [0, 0.05) is 21.1 Å². The lowest BCUT2D eigenvalue weighted by Gasteiger charge is -2.24. The van der Waals surface area contributed by atoms with Gasteiger partial charge in [0.1, 0.15) is 0 Å². The van der Waals surface area contributed by atoms with Gasteiger partial charge >= 0.3 is 12.1 Å². The van der Waals surface area contributed by atoms with Crippen molar-refractivity contribution in [2.24, 2.45) is 0 Å². The van der Waals surface area contributed by atoms with E-state index < -0.39 is 29.5 Å². The Morgan fingerprint density at radius 1 is 0.938 bits per heavy atom. The van der Waals surface area contributed by atoms with E-state index in [0.717, 1.165) is 14.7 Å². The van der Waals surface area contributed by atoms with Crippen LogP contribution in [0, 0.1) is 0 Å². The molecule has 0 unspecified atom stereocenters. The molecule has 0 aromatic heterocycles. The van der Waals surface area contributed by atoms with Gasteiger partial charge in [0.25, 0.3) is 17.5 Å². The molecule has 86 valence electrons. The number of amides is 6. The number of rotatable bonds is 0. The van der Waals surface area contributed by atoms with Crippen molar-refractivity contribution in [2.75, 3.05) is 21.1 Å². The Hall–Kier alpha value is -2.12. The maximum Gasteiger partial charge on any atom is 0.328 e. The fourth-order valence-electron chi connectivity index (χ4n) is 1.84. The fourth-order valence-corrected chi connectivity index (χ4v) is 1.84. The van der Waals surface area contributed by atoms with E-state index in [1.165, 1.54) is 21.1 Å². The van der Waals surface area contributed by atoms with Crippen molar-refractivity contribution in [1.82, 2.24) is 20.0 Å². The van der Waals surface area contributed by atoms with Gasteiger partial charge < -0.3 is 0 Å². The standard InChI is InChI=1S/C8H10N4O4/c1-10-4(13)8(9-6(10)15)5(14)11(2)7(16)12(8)3/h1-3H3,(H,9,15)/t8-/m1/s1. The van der Waals surface area contributed by atoms with Crippen LogP contribution in [-0.2, 0) is 9.59 Å². The second kappa shape index (κ2) is 2.71. The summed E-state index contributed by atoms with van der Waals surface area (Å²) in [5, 5.41) is 2.24. The van der Waals surface area contributed by atoms with Gasteiger partial charge in [0.05, 0.1) is 0 Å². The van der Waals surface area contributed by atoms with Gasteiger partial charge in [-0.1, -0.05) is 0 Å². The minimum Gasteiger partial charge on any atom is -0.298 e. The molecule has 8 nitrogen and oxygen atoms in total. The second-order valence-corrected chi connectivity index (χ2v) is 3.71. The van der Waals surface area contributed by atoms with E-state index in [1.807, 2.05) is 0 Å². The molecule has 2 aliphatic heterocycles. The highest BCUT2D eigenvalue weighted by Crippen LogP contribution is 2.28. The summed E-state index contributed by atoms with van der Waals surface area (Å²) in [5.41, 5.74) is -1.89. The molecule has 2 rings (SSSR count). The molecule has 1 spiro atoms. The lowest BCUT2D eigenvalue weighted by atomic mass is 10.1. The summed E-state index contributed by atoms with van der Waals surface area (Å²) in [6.07, 6.45) is 0. The quantitative estimate of drug-likeness (QED) is 0.397. The molecule has 2 aliphatic rings. The molecule has 0 saturated carbocycles. The summed E-state index contributed by atoms with van der Waals surface area (Å²) >= 11 is 0. The zero-order valence-corrected chi connectivity index (χ0v) is 8.97. The predicted molar refractivity (Wildman–Crippen MR) is 50.0 cm³/mol. The maximum absolute atomic E-state index is 11.9. The number of urea groups is 2. The second-order valence-electron chi connectivity index (χ2n) is 3.71. The Morgan fingerprint density at radius 2 is 1.44 bits per heavy atom. The molecule has 0 radical (unpaired) electrons. The summed E-state index contributed by atoms with van der Waals surface area (Å²) in [6.45, 7) is 0. The molecule has 16 heavy (non-hydrogen) atoms. The molecule has 1 N–H and O–H groups in total. The molecular formula is C8H10N4O4. The van der Waals surface area contributed by atoms with Crippen LogP contribution < -0.4 is 5.32 Å². The van der Waals surface area contributed by atoms with E-state index in [-0.39, 0.29) is 0 Å². The number of hydrogen-bond acceptors (Lipinski definition) is 4. The highest BCUT2D eigenvalue weighted by molar-refractivity contribution is 6.25. The Labute approximate surface area is 90.8 Å². The Kier molecular flexibility index (Phi) is 1.76. The van der Waals surface area contributed by atoms with Gasteiger partial charge in [-0.15, -0.1) is 0 Å². The van der Waals surface area contributed by atoms with Crippen LogP contribution in [0.1, 0.15) is 0 Å². The summed E-state index contributed by atoms with van der Waals surface area (Å²) in [7, 11) is 3.80. The first-order valence-electron chi connectivity index (χ1n) is 4.50. The molecule has 8 heteroatoms. The highest BCUT2D eigenvalue weighted by Gasteiger charge is 2.66. The summed E-state index contributed by atoms with van der Waals surface area (Å²) in [5.74, 6) is -1.50. The van der Waals surface area contributed by atoms with Crippen molar-refractivity contribution in [3.05, 3.63) is 0 Å². The van der Waals surface area contributed by atoms with Crippen molar-refractivity contribution in [1.29, 1.82) is 0 Å². The van der Waals surface area contributed by atoms with Gasteiger partial charge in [-0.3, -0.25) is 29.6 Å². The number of nitrogens with one attached hydrogen (secondary N) is 1. The fraction of sp³-hybridized carbons (Fsp3) is 0.500. The summed E-state index contributed by atoms with van der Waals surface area (Å²) in [4.78, 5) is 49.1. The smallest absolute Gasteiger partial charge is 0.298 e. The average Bonchev–Trinajstić information content (AvgIpc) is 2.57. The summed E-state index contributed by atoms with van der Waals surface area (Å²) in [6, 6.07) is -1.33. The van der Waals surface area contributed by atoms with Crippen molar-refractivity contribution >= 4 is 23.9 Å². The van der Waals surface area contributed by atoms with Crippen molar-refractivity contribution < 1.29 is 19.2 Å². The molecular weight excluding hydrogens is 216 g/mol. The van der Waals surface area contributed by atoms with Crippen LogP contribution in [-0.4, -0.2) is 65.4 Å². The number of nitrogens with zero attached hydrogens (tertiary/aromatic N) is 3. The lowest BCUT2D eigenvalue weighted by molar-refractivity contribution is -0.144. The van der Waals surface area contributed by atoms with E-state index in [1.54, 1.807) is 0 Å². The lowest BCUT2D eigenvalue weighted by Crippen LogP contribution is -2.61. The summed E-state index contributed by atoms with van der Waals surface area (Å²) < 4.78 is 0. The highest BCUT2D eigenvalue weighted by atomic mass is 16.2. The van der Waals surface area contributed by atoms with Gasteiger partial charge in [0.15, 0.2) is 0 Å². The molecule has 6 amide bonds. The van der Waals surface area contributed by atoms with Crippen LogP contribution in [0.15, 0.2) is 0 Å². The molecule has 0 aromatic rings. The van der Waals surface area contributed by atoms with Crippen LogP contribution in [0.3, 0.4) is 0 Å². The van der Waals surface area contributed by atoms with E-state index >= 15 is 0 Å². The van der Waals surface area contributed by atoms with Crippen molar-refractivity contribution in [3.63, 3.8) is 0 Å². The van der Waals surface area contributed by atoms with Gasteiger partial charge in [-0.25, -0.2) is 9.59 Å². The van der Waals surface area contributed by atoms with Crippen LogP contribution in [0.25, 0.3) is 0 Å². The molecule has 2 saturated heterocycles. The molecule has 1 atom stereocenters. The minimum atomic E-state index is -1.89. The third-order valence-electron chi connectivity index (χ3n) is 2.90. The van der Waals surface area contributed by atoms with Crippen LogP contribution in [0.5, 0.6) is 0 Å². The Balaban J connectivity index is 2.55. The van der Waals surface area contributed by atoms with E-state index in [4.69, 9.17) is 0 Å². The van der Waals surface area contributed by atoms with Gasteiger partial charge in [-0.05, 0) is 0 Å². The Morgan fingerprint density at radius 3 is 1.75 bits per heavy atom. The third-order valence-corrected chi connectivity index (χ3v) is 2.90. The molecule has 2 heterocycles. The number of carbonyl (C=O) groups excluding carboxylic acids is 4. The Bertz CT molecular complexity index is 424. The van der Waals surface area contributed by atoms with Gasteiger partial charge in [-0.2, -0.15) is 0 Å². The first-order chi connectivity index (χ1) is 7.34. The number of hydrogen-bond donors (Lipinski definition) is 1. The zero-order chi connectivity index (χ0) is 12.2. The number of likely N-dealkylation sites (N-methyl/N-ethyl adjacent to an activating group) is 3. The molecule has 0 aromatic carbocycles. The van der Waals surface area contributed by atoms with Crippen molar-refractivity contribution in [2.45, 2.75) is 5.66 Å². The van der Waals surface area contributed by atoms with E-state index in [9.17, 15) is 19.2 Å². The largest absolute Gasteiger partial charge is 0.328 e. The number of imide groups is 2. The van der Waals surface area contributed by atoms with E-state index in [0.29, 0.717) is 0 Å². The maximum atomic E-state index is 11.9. The molecule has 0 bridgehead atoms. The van der Waals surface area contributed by atoms with E-state index in [2.05, 4.69) is 5.32 Å². The minimum absolute atomic E-state index is 0.631. The van der Waals surface area contributed by atoms with Gasteiger partial charge in [0.2, 0.25) is 0 Å². The van der Waals surface area contributed by atoms with Crippen molar-refractivity contribution in [3.8, 4) is 0 Å². The monoisotopic (exact) mass is 226 g/mol. The predicted octanol–water partition coefficient (Wildman–Crippen LogP) is -1.61. The SMILES string of the molecule is CN1C(=O)N[C@@]2(C1=O)C(=O)N(C)C(=O)N2C. The van der Waals surface area contributed by atoms with Crippen LogP contribution >= 0.6 is 0 Å². The first kappa shape index (κ1) is 10.4. The van der Waals surface area contributed by atoms with Crippen LogP contribution in [0.2, 0.25) is 0 Å². The average molecular weight is 226 g/mol. The first-order valence-corrected chi connectivity index (χ1v) is 4.50. The normalized spacial score (nSPS) is 29.8. The van der Waals surface area contributed by atoms with Crippen LogP contribution in [0.4, 0.5) is 9.59 Å².